The van der Waals surface area contributed by atoms with Gasteiger partial charge in [-0.25, -0.2) is 9.37 Å². The smallest absolute Gasteiger partial charge is 0.395 e. The summed E-state index contributed by atoms with van der Waals surface area (Å²) in [6, 6.07) is 9.28. The molecular formula is C25H31F4N3O2. The fourth-order valence-electron chi connectivity index (χ4n) is 4.39. The number of halogens is 4. The second kappa shape index (κ2) is 11.1. The molecule has 5 nitrogen and oxygen atoms in total. The van der Waals surface area contributed by atoms with Crippen molar-refractivity contribution in [1.29, 1.82) is 0 Å². The Labute approximate surface area is 197 Å². The van der Waals surface area contributed by atoms with E-state index < -0.39 is 24.7 Å². The Hall–Kier alpha value is -2.84. The molecule has 1 aromatic heterocycles. The molecule has 2 aromatic rings. The standard InChI is InChI=1S/C25H31F4N3O2/c1-31(2)24(33)19-7-8-23(30-16-19)32-11-9-17(10-12-32)13-20(26)15-22(25(27,28)29)18-5-4-6-21(14-18)34-3/h4-8,14,16-17,20,22H,9-13,15H2,1-3H3. The number of benzene rings is 1. The van der Waals surface area contributed by atoms with Gasteiger partial charge >= 0.3 is 6.18 Å². The molecule has 1 aliphatic rings. The molecule has 2 unspecified atom stereocenters. The van der Waals surface area contributed by atoms with Crippen molar-refractivity contribution >= 4 is 11.7 Å². The predicted molar refractivity (Wildman–Crippen MR) is 123 cm³/mol. The first-order chi connectivity index (χ1) is 16.1. The number of carbonyl (C=O) groups is 1. The van der Waals surface area contributed by atoms with Crippen LogP contribution in [0.2, 0.25) is 0 Å². The van der Waals surface area contributed by atoms with Gasteiger partial charge in [-0.1, -0.05) is 12.1 Å². The van der Waals surface area contributed by atoms with E-state index in [2.05, 4.69) is 9.88 Å². The van der Waals surface area contributed by atoms with Gasteiger partial charge in [-0.3, -0.25) is 4.79 Å². The van der Waals surface area contributed by atoms with E-state index in [-0.39, 0.29) is 23.8 Å². The summed E-state index contributed by atoms with van der Waals surface area (Å²) >= 11 is 0. The molecule has 0 saturated carbocycles. The molecular weight excluding hydrogens is 450 g/mol. The molecule has 0 aliphatic carbocycles. The van der Waals surface area contributed by atoms with Crippen LogP contribution in [0.4, 0.5) is 23.4 Å². The highest BCUT2D eigenvalue weighted by molar-refractivity contribution is 5.93. The van der Waals surface area contributed by atoms with Gasteiger partial charge in [0, 0.05) is 33.4 Å². The molecule has 0 spiro atoms. The maximum Gasteiger partial charge on any atom is 0.395 e. The number of piperidine rings is 1. The first kappa shape index (κ1) is 25.8. The van der Waals surface area contributed by atoms with E-state index in [4.69, 9.17) is 4.74 Å². The number of pyridine rings is 1. The van der Waals surface area contributed by atoms with E-state index in [1.807, 2.05) is 0 Å². The lowest BCUT2D eigenvalue weighted by atomic mass is 9.86. The quantitative estimate of drug-likeness (QED) is 0.469. The molecule has 1 fully saturated rings. The summed E-state index contributed by atoms with van der Waals surface area (Å²) < 4.78 is 61.0. The Kier molecular flexibility index (Phi) is 8.38. The Morgan fingerprint density at radius 2 is 1.91 bits per heavy atom. The maximum atomic E-state index is 14.8. The average molecular weight is 482 g/mol. The van der Waals surface area contributed by atoms with Crippen LogP contribution in [0, 0.1) is 5.92 Å². The summed E-state index contributed by atoms with van der Waals surface area (Å²) in [6.45, 7) is 1.29. The zero-order chi connectivity index (χ0) is 24.9. The number of hydrogen-bond acceptors (Lipinski definition) is 4. The van der Waals surface area contributed by atoms with E-state index in [1.165, 1.54) is 36.4 Å². The minimum atomic E-state index is -4.54. The SMILES string of the molecule is COc1cccc(C(CC(F)CC2CCN(c3ccc(C(=O)N(C)C)cn3)CC2)C(F)(F)F)c1. The van der Waals surface area contributed by atoms with Gasteiger partial charge in [-0.2, -0.15) is 13.2 Å². The van der Waals surface area contributed by atoms with E-state index in [9.17, 15) is 22.4 Å². The fourth-order valence-corrected chi connectivity index (χ4v) is 4.39. The van der Waals surface area contributed by atoms with Crippen molar-refractivity contribution in [2.45, 2.75) is 43.9 Å². The van der Waals surface area contributed by atoms with Gasteiger partial charge in [-0.05, 0) is 61.4 Å². The van der Waals surface area contributed by atoms with Gasteiger partial charge in [0.25, 0.3) is 5.91 Å². The predicted octanol–water partition coefficient (Wildman–Crippen LogP) is 5.47. The molecule has 0 radical (unpaired) electrons. The molecule has 1 aliphatic heterocycles. The fraction of sp³-hybridized carbons (Fsp3) is 0.520. The minimum absolute atomic E-state index is 0.0139. The van der Waals surface area contributed by atoms with Crippen molar-refractivity contribution in [3.8, 4) is 5.75 Å². The summed E-state index contributed by atoms with van der Waals surface area (Å²) in [5, 5.41) is 0. The Bertz CT molecular complexity index is 942. The molecule has 2 heterocycles. The minimum Gasteiger partial charge on any atom is -0.497 e. The highest BCUT2D eigenvalue weighted by Gasteiger charge is 2.42. The number of methoxy groups -OCH3 is 1. The summed E-state index contributed by atoms with van der Waals surface area (Å²) in [7, 11) is 4.73. The van der Waals surface area contributed by atoms with Crippen LogP contribution in [0.5, 0.6) is 5.75 Å². The van der Waals surface area contributed by atoms with Crippen LogP contribution >= 0.6 is 0 Å². The van der Waals surface area contributed by atoms with Crippen molar-refractivity contribution in [2.24, 2.45) is 5.92 Å². The molecule has 1 aromatic carbocycles. The van der Waals surface area contributed by atoms with Gasteiger partial charge in [0.05, 0.1) is 18.6 Å². The van der Waals surface area contributed by atoms with Crippen molar-refractivity contribution in [2.75, 3.05) is 39.2 Å². The van der Waals surface area contributed by atoms with Crippen LogP contribution < -0.4 is 9.64 Å². The molecule has 2 atom stereocenters. The zero-order valence-electron chi connectivity index (χ0n) is 19.7. The maximum absolute atomic E-state index is 14.8. The highest BCUT2D eigenvalue weighted by atomic mass is 19.4. The van der Waals surface area contributed by atoms with Crippen molar-refractivity contribution in [3.05, 3.63) is 53.7 Å². The summed E-state index contributed by atoms with van der Waals surface area (Å²) in [5.41, 5.74) is 0.519. The number of hydrogen-bond donors (Lipinski definition) is 0. The number of anilines is 1. The van der Waals surface area contributed by atoms with Crippen LogP contribution in [0.1, 0.15) is 47.5 Å². The van der Waals surface area contributed by atoms with Crippen LogP contribution in [0.15, 0.2) is 42.6 Å². The van der Waals surface area contributed by atoms with Gasteiger partial charge in [0.1, 0.15) is 17.7 Å². The summed E-state index contributed by atoms with van der Waals surface area (Å²) in [4.78, 5) is 19.9. The lowest BCUT2D eigenvalue weighted by molar-refractivity contribution is -0.155. The lowest BCUT2D eigenvalue weighted by Gasteiger charge is -2.34. The van der Waals surface area contributed by atoms with E-state index in [1.54, 1.807) is 32.3 Å². The number of carbonyl (C=O) groups excluding carboxylic acids is 1. The molecule has 3 rings (SSSR count). The molecule has 34 heavy (non-hydrogen) atoms. The molecule has 186 valence electrons. The van der Waals surface area contributed by atoms with Crippen LogP contribution in [0.3, 0.4) is 0 Å². The van der Waals surface area contributed by atoms with Crippen LogP contribution in [-0.2, 0) is 0 Å². The number of rotatable bonds is 8. The van der Waals surface area contributed by atoms with E-state index in [0.717, 1.165) is 5.82 Å². The number of alkyl halides is 4. The number of nitrogens with zero attached hydrogens (tertiary/aromatic N) is 3. The molecule has 0 N–H and O–H groups in total. The van der Waals surface area contributed by atoms with Crippen molar-refractivity contribution < 1.29 is 27.1 Å². The van der Waals surface area contributed by atoms with Gasteiger partial charge in [-0.15, -0.1) is 0 Å². The number of aromatic nitrogens is 1. The second-order valence-corrected chi connectivity index (χ2v) is 8.97. The second-order valence-electron chi connectivity index (χ2n) is 8.97. The van der Waals surface area contributed by atoms with Gasteiger partial charge in [0.2, 0.25) is 0 Å². The number of amides is 1. The Morgan fingerprint density at radius 1 is 1.21 bits per heavy atom. The first-order valence-electron chi connectivity index (χ1n) is 11.4. The average Bonchev–Trinajstić information content (AvgIpc) is 2.82. The monoisotopic (exact) mass is 481 g/mol. The molecule has 1 amide bonds. The third-order valence-corrected chi connectivity index (χ3v) is 6.31. The Balaban J connectivity index is 1.55. The molecule has 0 bridgehead atoms. The van der Waals surface area contributed by atoms with Crippen LogP contribution in [-0.4, -0.2) is 62.4 Å². The van der Waals surface area contributed by atoms with Gasteiger partial charge in [0.15, 0.2) is 0 Å². The number of ether oxygens (including phenoxy) is 1. The topological polar surface area (TPSA) is 45.7 Å². The molecule has 1 saturated heterocycles. The van der Waals surface area contributed by atoms with Crippen LogP contribution in [0.25, 0.3) is 0 Å². The third-order valence-electron chi connectivity index (χ3n) is 6.31. The Morgan fingerprint density at radius 3 is 2.47 bits per heavy atom. The zero-order valence-corrected chi connectivity index (χ0v) is 19.7. The van der Waals surface area contributed by atoms with Crippen molar-refractivity contribution in [3.63, 3.8) is 0 Å². The highest BCUT2D eigenvalue weighted by Crippen LogP contribution is 2.41. The largest absolute Gasteiger partial charge is 0.497 e. The normalized spacial score (nSPS) is 16.7. The van der Waals surface area contributed by atoms with Crippen molar-refractivity contribution in [1.82, 2.24) is 9.88 Å². The summed E-state index contributed by atoms with van der Waals surface area (Å²) in [5.74, 6) is -0.925. The van der Waals surface area contributed by atoms with E-state index >= 15 is 0 Å². The summed E-state index contributed by atoms with van der Waals surface area (Å²) in [6.07, 6.45) is -3.69. The molecule has 9 heteroatoms. The first-order valence-corrected chi connectivity index (χ1v) is 11.4. The third kappa shape index (κ3) is 6.61. The van der Waals surface area contributed by atoms with Gasteiger partial charge < -0.3 is 14.5 Å². The van der Waals surface area contributed by atoms with E-state index in [0.29, 0.717) is 37.2 Å². The lowest BCUT2D eigenvalue weighted by Crippen LogP contribution is -2.35.